The molecule has 106 valence electrons. The number of para-hydroxylation sites is 1. The van der Waals surface area contributed by atoms with Crippen LogP contribution in [0.3, 0.4) is 0 Å². The molecule has 0 heterocycles. The van der Waals surface area contributed by atoms with E-state index in [4.69, 9.17) is 22.1 Å². The molecule has 1 aromatic rings. The van der Waals surface area contributed by atoms with Crippen molar-refractivity contribution in [2.75, 3.05) is 13.1 Å². The Morgan fingerprint density at radius 1 is 1.42 bits per heavy atom. The number of rotatable bonds is 8. The van der Waals surface area contributed by atoms with Gasteiger partial charge in [-0.2, -0.15) is 0 Å². The van der Waals surface area contributed by atoms with Gasteiger partial charge in [0.05, 0.1) is 5.02 Å². The fourth-order valence-electron chi connectivity index (χ4n) is 1.61. The van der Waals surface area contributed by atoms with Crippen molar-refractivity contribution >= 4 is 17.5 Å². The van der Waals surface area contributed by atoms with Crippen LogP contribution in [0.2, 0.25) is 5.02 Å². The van der Waals surface area contributed by atoms with Gasteiger partial charge in [0.1, 0.15) is 5.75 Å². The molecule has 4 nitrogen and oxygen atoms in total. The zero-order valence-electron chi connectivity index (χ0n) is 11.2. The van der Waals surface area contributed by atoms with Crippen LogP contribution in [0.4, 0.5) is 0 Å². The fourth-order valence-corrected chi connectivity index (χ4v) is 1.79. The number of nitrogens with one attached hydrogen (secondary N) is 1. The van der Waals surface area contributed by atoms with E-state index in [1.165, 1.54) is 0 Å². The first-order valence-corrected chi connectivity index (χ1v) is 6.95. The largest absolute Gasteiger partial charge is 0.479 e. The Morgan fingerprint density at radius 3 is 2.79 bits per heavy atom. The molecule has 0 saturated carbocycles. The van der Waals surface area contributed by atoms with E-state index in [0.29, 0.717) is 30.3 Å². The van der Waals surface area contributed by atoms with Crippen LogP contribution in [0.1, 0.15) is 26.2 Å². The Kier molecular flexibility index (Phi) is 7.30. The van der Waals surface area contributed by atoms with E-state index in [0.717, 1.165) is 12.8 Å². The lowest BCUT2D eigenvalue weighted by molar-refractivity contribution is -0.128. The lowest BCUT2D eigenvalue weighted by Gasteiger charge is -2.18. The average Bonchev–Trinajstić information content (AvgIpc) is 2.42. The van der Waals surface area contributed by atoms with Crippen molar-refractivity contribution in [1.29, 1.82) is 0 Å². The first-order valence-electron chi connectivity index (χ1n) is 6.58. The minimum Gasteiger partial charge on any atom is -0.479 e. The van der Waals surface area contributed by atoms with Crippen LogP contribution in [-0.2, 0) is 4.79 Å². The molecule has 1 atom stereocenters. The number of hydrogen-bond acceptors (Lipinski definition) is 3. The highest BCUT2D eigenvalue weighted by molar-refractivity contribution is 6.32. The standard InChI is InChI=1S/C14H21ClN2O2/c1-2-12(14(18)17-10-6-5-9-16)19-13-8-4-3-7-11(13)15/h3-4,7-8,12H,2,5-6,9-10,16H2,1H3,(H,17,18). The molecule has 0 aliphatic heterocycles. The Labute approximate surface area is 119 Å². The molecule has 0 spiro atoms. The van der Waals surface area contributed by atoms with Gasteiger partial charge >= 0.3 is 0 Å². The van der Waals surface area contributed by atoms with Crippen LogP contribution < -0.4 is 15.8 Å². The molecular formula is C14H21ClN2O2. The molecule has 1 aromatic carbocycles. The second kappa shape index (κ2) is 8.77. The molecule has 0 aromatic heterocycles. The topological polar surface area (TPSA) is 64.3 Å². The van der Waals surface area contributed by atoms with Gasteiger partial charge in [-0.05, 0) is 37.9 Å². The summed E-state index contributed by atoms with van der Waals surface area (Å²) >= 11 is 6.00. The molecule has 19 heavy (non-hydrogen) atoms. The molecule has 3 N–H and O–H groups in total. The van der Waals surface area contributed by atoms with Crippen LogP contribution in [-0.4, -0.2) is 25.1 Å². The summed E-state index contributed by atoms with van der Waals surface area (Å²) in [6, 6.07) is 7.14. The number of hydrogen-bond donors (Lipinski definition) is 2. The van der Waals surface area contributed by atoms with Crippen molar-refractivity contribution in [3.8, 4) is 5.75 Å². The molecule has 5 heteroatoms. The predicted octanol–water partition coefficient (Wildman–Crippen LogP) is 2.35. The summed E-state index contributed by atoms with van der Waals surface area (Å²) in [4.78, 5) is 11.9. The van der Waals surface area contributed by atoms with Crippen molar-refractivity contribution < 1.29 is 9.53 Å². The Balaban J connectivity index is 2.48. The van der Waals surface area contributed by atoms with Gasteiger partial charge in [0.2, 0.25) is 0 Å². The summed E-state index contributed by atoms with van der Waals surface area (Å²) in [6.07, 6.45) is 1.86. The second-order valence-corrected chi connectivity index (χ2v) is 4.64. The minimum atomic E-state index is -0.516. The molecule has 1 unspecified atom stereocenters. The van der Waals surface area contributed by atoms with Crippen molar-refractivity contribution in [2.24, 2.45) is 5.73 Å². The maximum absolute atomic E-state index is 11.9. The first-order chi connectivity index (χ1) is 9.19. The fraction of sp³-hybridized carbons (Fsp3) is 0.500. The van der Waals surface area contributed by atoms with E-state index in [1.54, 1.807) is 12.1 Å². The Bertz CT molecular complexity index is 399. The molecule has 0 aliphatic rings. The summed E-state index contributed by atoms with van der Waals surface area (Å²) in [5, 5.41) is 3.36. The first kappa shape index (κ1) is 15.8. The van der Waals surface area contributed by atoms with E-state index in [1.807, 2.05) is 19.1 Å². The maximum atomic E-state index is 11.9. The number of halogens is 1. The number of carbonyl (C=O) groups excluding carboxylic acids is 1. The highest BCUT2D eigenvalue weighted by Crippen LogP contribution is 2.24. The number of benzene rings is 1. The van der Waals surface area contributed by atoms with Gasteiger partial charge in [-0.1, -0.05) is 30.7 Å². The van der Waals surface area contributed by atoms with E-state index < -0.39 is 6.10 Å². The maximum Gasteiger partial charge on any atom is 0.261 e. The van der Waals surface area contributed by atoms with Gasteiger partial charge < -0.3 is 15.8 Å². The molecule has 0 fully saturated rings. The smallest absolute Gasteiger partial charge is 0.261 e. The third kappa shape index (κ3) is 5.49. The summed E-state index contributed by atoms with van der Waals surface area (Å²) < 4.78 is 5.64. The van der Waals surface area contributed by atoms with Gasteiger partial charge in [-0.25, -0.2) is 0 Å². The van der Waals surface area contributed by atoms with Crippen LogP contribution in [0.15, 0.2) is 24.3 Å². The second-order valence-electron chi connectivity index (χ2n) is 4.23. The van der Waals surface area contributed by atoms with Gasteiger partial charge in [0.25, 0.3) is 5.91 Å². The number of nitrogens with two attached hydrogens (primary N) is 1. The normalized spacial score (nSPS) is 11.9. The van der Waals surface area contributed by atoms with Crippen LogP contribution >= 0.6 is 11.6 Å². The van der Waals surface area contributed by atoms with Crippen molar-refractivity contribution in [2.45, 2.75) is 32.3 Å². The number of carbonyl (C=O) groups is 1. The van der Waals surface area contributed by atoms with E-state index in [-0.39, 0.29) is 5.91 Å². The van der Waals surface area contributed by atoms with Crippen molar-refractivity contribution in [3.63, 3.8) is 0 Å². The zero-order valence-corrected chi connectivity index (χ0v) is 12.0. The number of ether oxygens (including phenoxy) is 1. The van der Waals surface area contributed by atoms with Gasteiger partial charge in [-0.15, -0.1) is 0 Å². The molecule has 1 amide bonds. The molecule has 0 radical (unpaired) electrons. The van der Waals surface area contributed by atoms with E-state index in [2.05, 4.69) is 5.32 Å². The summed E-state index contributed by atoms with van der Waals surface area (Å²) in [7, 11) is 0. The Hall–Kier alpha value is -1.26. The molecular weight excluding hydrogens is 264 g/mol. The van der Waals surface area contributed by atoms with E-state index in [9.17, 15) is 4.79 Å². The minimum absolute atomic E-state index is 0.112. The quantitative estimate of drug-likeness (QED) is 0.720. The Morgan fingerprint density at radius 2 is 2.16 bits per heavy atom. The zero-order chi connectivity index (χ0) is 14.1. The van der Waals surface area contributed by atoms with Crippen LogP contribution in [0, 0.1) is 0 Å². The molecule has 0 bridgehead atoms. The van der Waals surface area contributed by atoms with Gasteiger partial charge in [0.15, 0.2) is 6.10 Å². The van der Waals surface area contributed by atoms with Gasteiger partial charge in [-0.3, -0.25) is 4.79 Å². The monoisotopic (exact) mass is 284 g/mol. The molecule has 1 rings (SSSR count). The highest BCUT2D eigenvalue weighted by Gasteiger charge is 2.18. The van der Waals surface area contributed by atoms with Crippen LogP contribution in [0.5, 0.6) is 5.75 Å². The summed E-state index contributed by atoms with van der Waals surface area (Å²) in [5.74, 6) is 0.424. The van der Waals surface area contributed by atoms with E-state index >= 15 is 0 Å². The average molecular weight is 285 g/mol. The number of unbranched alkanes of at least 4 members (excludes halogenated alkanes) is 1. The summed E-state index contributed by atoms with van der Waals surface area (Å²) in [6.45, 7) is 3.17. The molecule has 0 saturated heterocycles. The third-order valence-electron chi connectivity index (χ3n) is 2.70. The SMILES string of the molecule is CCC(Oc1ccccc1Cl)C(=O)NCCCCN. The molecule has 0 aliphatic carbocycles. The van der Waals surface area contributed by atoms with Crippen molar-refractivity contribution in [3.05, 3.63) is 29.3 Å². The van der Waals surface area contributed by atoms with Crippen molar-refractivity contribution in [1.82, 2.24) is 5.32 Å². The third-order valence-corrected chi connectivity index (χ3v) is 3.01. The highest BCUT2D eigenvalue weighted by atomic mass is 35.5. The predicted molar refractivity (Wildman–Crippen MR) is 77.5 cm³/mol. The number of amides is 1. The lowest BCUT2D eigenvalue weighted by Crippen LogP contribution is -2.38. The van der Waals surface area contributed by atoms with Gasteiger partial charge in [0, 0.05) is 6.54 Å². The van der Waals surface area contributed by atoms with Crippen LogP contribution in [0.25, 0.3) is 0 Å². The lowest BCUT2D eigenvalue weighted by atomic mass is 10.2. The summed E-state index contributed by atoms with van der Waals surface area (Å²) in [5.41, 5.74) is 5.40.